The van der Waals surface area contributed by atoms with Crippen LogP contribution in [0, 0.1) is 0 Å². The molecule has 1 fully saturated rings. The van der Waals surface area contributed by atoms with Crippen molar-refractivity contribution in [2.45, 2.75) is 37.8 Å². The Bertz CT molecular complexity index is 1140. The van der Waals surface area contributed by atoms with E-state index in [0.29, 0.717) is 23.1 Å². The Labute approximate surface area is 224 Å². The second-order valence-electron chi connectivity index (χ2n) is 8.32. The summed E-state index contributed by atoms with van der Waals surface area (Å²) in [5.41, 5.74) is 1.87. The highest BCUT2D eigenvalue weighted by Crippen LogP contribution is 2.34. The van der Waals surface area contributed by atoms with Gasteiger partial charge in [-0.05, 0) is 94.0 Å². The lowest BCUT2D eigenvalue weighted by molar-refractivity contribution is 0.387. The topological polar surface area (TPSA) is 65.1 Å². The highest BCUT2D eigenvalue weighted by molar-refractivity contribution is 9.11. The lowest BCUT2D eigenvalue weighted by Crippen LogP contribution is -2.42. The lowest BCUT2D eigenvalue weighted by Gasteiger charge is -2.30. The second kappa shape index (κ2) is 10.8. The van der Waals surface area contributed by atoms with Gasteiger partial charge >= 0.3 is 0 Å². The van der Waals surface area contributed by atoms with Crippen LogP contribution in [-0.2, 0) is 0 Å². The summed E-state index contributed by atoms with van der Waals surface area (Å²) in [5.74, 6) is 1.62. The maximum atomic E-state index is 5.57. The molecule has 0 bridgehead atoms. The van der Waals surface area contributed by atoms with Crippen molar-refractivity contribution in [3.63, 3.8) is 0 Å². The van der Waals surface area contributed by atoms with E-state index < -0.39 is 0 Å². The van der Waals surface area contributed by atoms with Crippen molar-refractivity contribution < 1.29 is 0 Å². The standard InChI is InChI=1S/C23H25Br3N6S/c1-32(2)21-16-5-3-4-6-19(16)29-22(31-21)27-14-7-9-15(10-8-14)28-23(33)30-20-17(25)11-13(24)12-18(20)26/h3-6,11-12,14-15H,7-10H2,1-2H3,(H,27,29,31)(H2,28,30,33)/t14-,15+. The molecule has 4 rings (SSSR count). The van der Waals surface area contributed by atoms with Crippen molar-refractivity contribution >= 4 is 93.5 Å². The van der Waals surface area contributed by atoms with E-state index in [1.54, 1.807) is 0 Å². The first kappa shape index (κ1) is 24.6. The molecule has 1 aliphatic carbocycles. The molecule has 1 saturated carbocycles. The fourth-order valence-corrected chi connectivity index (χ4v) is 6.75. The zero-order chi connectivity index (χ0) is 23.5. The summed E-state index contributed by atoms with van der Waals surface area (Å²) in [7, 11) is 4.02. The average molecular weight is 657 g/mol. The van der Waals surface area contributed by atoms with Gasteiger partial charge in [0.25, 0.3) is 0 Å². The highest BCUT2D eigenvalue weighted by Gasteiger charge is 2.23. The number of nitrogens with one attached hydrogen (secondary N) is 3. The van der Waals surface area contributed by atoms with Crippen LogP contribution in [0.4, 0.5) is 17.5 Å². The van der Waals surface area contributed by atoms with E-state index in [1.165, 1.54) is 0 Å². The first-order valence-electron chi connectivity index (χ1n) is 10.7. The van der Waals surface area contributed by atoms with E-state index in [0.717, 1.165) is 61.5 Å². The van der Waals surface area contributed by atoms with Crippen LogP contribution in [0.1, 0.15) is 25.7 Å². The first-order chi connectivity index (χ1) is 15.8. The quantitative estimate of drug-likeness (QED) is 0.265. The van der Waals surface area contributed by atoms with Gasteiger partial charge < -0.3 is 20.9 Å². The van der Waals surface area contributed by atoms with Gasteiger partial charge in [-0.2, -0.15) is 4.98 Å². The minimum atomic E-state index is 0.339. The van der Waals surface area contributed by atoms with E-state index in [-0.39, 0.29) is 0 Å². The van der Waals surface area contributed by atoms with E-state index in [2.05, 4.69) is 69.8 Å². The number of halogens is 3. The van der Waals surface area contributed by atoms with Crippen LogP contribution in [0.2, 0.25) is 0 Å². The summed E-state index contributed by atoms with van der Waals surface area (Å²) in [6.45, 7) is 0. The molecular weight excluding hydrogens is 632 g/mol. The highest BCUT2D eigenvalue weighted by atomic mass is 79.9. The number of thiocarbonyl (C=S) groups is 1. The number of fused-ring (bicyclic) bond motifs is 1. The third-order valence-electron chi connectivity index (χ3n) is 5.65. The summed E-state index contributed by atoms with van der Waals surface area (Å²) >= 11 is 16.2. The van der Waals surface area contributed by atoms with Crippen molar-refractivity contribution in [2.75, 3.05) is 29.6 Å². The number of nitrogens with zero attached hydrogens (tertiary/aromatic N) is 3. The van der Waals surface area contributed by atoms with Gasteiger partial charge in [-0.3, -0.25) is 0 Å². The summed E-state index contributed by atoms with van der Waals surface area (Å²) < 4.78 is 2.87. The van der Waals surface area contributed by atoms with Gasteiger partial charge in [0, 0.05) is 45.0 Å². The third kappa shape index (κ3) is 6.15. The number of hydrogen-bond donors (Lipinski definition) is 3. The number of benzene rings is 2. The molecule has 3 N–H and O–H groups in total. The minimum absolute atomic E-state index is 0.339. The second-order valence-corrected chi connectivity index (χ2v) is 11.4. The summed E-state index contributed by atoms with van der Waals surface area (Å²) in [6, 6.07) is 12.8. The predicted octanol–water partition coefficient (Wildman–Crippen LogP) is 6.69. The lowest BCUT2D eigenvalue weighted by atomic mass is 9.91. The Balaban J connectivity index is 1.34. The van der Waals surface area contributed by atoms with Crippen molar-refractivity contribution in [3.05, 3.63) is 49.8 Å². The van der Waals surface area contributed by atoms with Gasteiger partial charge in [0.2, 0.25) is 5.95 Å². The Kier molecular flexibility index (Phi) is 8.09. The monoisotopic (exact) mass is 654 g/mol. The first-order valence-corrected chi connectivity index (χ1v) is 13.5. The van der Waals surface area contributed by atoms with E-state index >= 15 is 0 Å². The van der Waals surface area contributed by atoms with Crippen molar-refractivity contribution in [2.24, 2.45) is 0 Å². The number of para-hydroxylation sites is 1. The molecule has 174 valence electrons. The molecule has 33 heavy (non-hydrogen) atoms. The molecule has 0 amide bonds. The third-order valence-corrected chi connectivity index (χ3v) is 7.58. The molecule has 10 heteroatoms. The molecule has 1 aliphatic rings. The predicted molar refractivity (Wildman–Crippen MR) is 152 cm³/mol. The fourth-order valence-electron chi connectivity index (χ4n) is 4.03. The Morgan fingerprint density at radius 2 is 1.61 bits per heavy atom. The average Bonchev–Trinajstić information content (AvgIpc) is 2.77. The Morgan fingerprint density at radius 1 is 0.970 bits per heavy atom. The molecule has 3 aromatic rings. The normalized spacial score (nSPS) is 18.1. The van der Waals surface area contributed by atoms with Crippen LogP contribution in [-0.4, -0.2) is 41.3 Å². The number of anilines is 3. The van der Waals surface area contributed by atoms with Gasteiger partial charge in [-0.25, -0.2) is 4.98 Å². The molecule has 1 aromatic heterocycles. The molecule has 0 saturated heterocycles. The number of rotatable bonds is 5. The molecule has 1 heterocycles. The van der Waals surface area contributed by atoms with Crippen LogP contribution in [0.3, 0.4) is 0 Å². The molecule has 0 unspecified atom stereocenters. The van der Waals surface area contributed by atoms with Gasteiger partial charge in [0.05, 0.1) is 11.2 Å². The molecule has 0 atom stereocenters. The Hall–Kier alpha value is -1.49. The van der Waals surface area contributed by atoms with E-state index in [1.807, 2.05) is 49.3 Å². The van der Waals surface area contributed by atoms with Crippen LogP contribution >= 0.6 is 60.0 Å². The molecule has 0 aliphatic heterocycles. The van der Waals surface area contributed by atoms with Gasteiger partial charge in [0.1, 0.15) is 5.82 Å². The zero-order valence-corrected chi connectivity index (χ0v) is 23.9. The summed E-state index contributed by atoms with van der Waals surface area (Å²) in [4.78, 5) is 11.6. The molecular formula is C23H25Br3N6S. The largest absolute Gasteiger partial charge is 0.362 e. The van der Waals surface area contributed by atoms with Crippen LogP contribution in [0.15, 0.2) is 49.8 Å². The van der Waals surface area contributed by atoms with Crippen LogP contribution in [0.25, 0.3) is 10.9 Å². The zero-order valence-electron chi connectivity index (χ0n) is 18.3. The summed E-state index contributed by atoms with van der Waals surface area (Å²) in [6.07, 6.45) is 4.10. The Morgan fingerprint density at radius 3 is 2.27 bits per heavy atom. The van der Waals surface area contributed by atoms with Gasteiger partial charge in [-0.15, -0.1) is 0 Å². The van der Waals surface area contributed by atoms with Crippen molar-refractivity contribution in [1.82, 2.24) is 15.3 Å². The SMILES string of the molecule is CN(C)c1nc(N[C@H]2CC[C@@H](NC(=S)Nc3c(Br)cc(Br)cc3Br)CC2)nc2ccccc12. The molecule has 2 aromatic carbocycles. The van der Waals surface area contributed by atoms with E-state index in [4.69, 9.17) is 22.2 Å². The molecule has 6 nitrogen and oxygen atoms in total. The van der Waals surface area contributed by atoms with Crippen LogP contribution < -0.4 is 20.9 Å². The number of hydrogen-bond acceptors (Lipinski definition) is 5. The number of aromatic nitrogens is 2. The fraction of sp³-hybridized carbons (Fsp3) is 0.348. The maximum absolute atomic E-state index is 5.57. The van der Waals surface area contributed by atoms with Crippen molar-refractivity contribution in [1.29, 1.82) is 0 Å². The molecule has 0 radical (unpaired) electrons. The van der Waals surface area contributed by atoms with Gasteiger partial charge in [-0.1, -0.05) is 28.1 Å². The van der Waals surface area contributed by atoms with Crippen LogP contribution in [0.5, 0.6) is 0 Å². The van der Waals surface area contributed by atoms with Gasteiger partial charge in [0.15, 0.2) is 5.11 Å². The minimum Gasteiger partial charge on any atom is -0.362 e. The smallest absolute Gasteiger partial charge is 0.225 e. The van der Waals surface area contributed by atoms with Crippen molar-refractivity contribution in [3.8, 4) is 0 Å². The van der Waals surface area contributed by atoms with E-state index in [9.17, 15) is 0 Å². The summed E-state index contributed by atoms with van der Waals surface area (Å²) in [5, 5.41) is 12.0. The maximum Gasteiger partial charge on any atom is 0.225 e. The molecule has 0 spiro atoms.